The van der Waals surface area contributed by atoms with Gasteiger partial charge >= 0.3 is 0 Å². The standard InChI is InChI=1S/C10H14Br2O2.C9H16O3.C9H14O3/c1-10(2)13-7-3-6(5-9(11)12)4-8(7)14-10;2*1-9(2)11-7-3-6(5-10)4-8(7)12-9/h5-8H,3-4H2,1-2H3;6-8,10H,3-5H2,1-2H3;5-8H,3-4H2,1-2H3/t3*6?,7-,8+. The van der Waals surface area contributed by atoms with E-state index in [1.54, 1.807) is 0 Å². The van der Waals surface area contributed by atoms with Crippen molar-refractivity contribution < 1.29 is 38.3 Å². The number of allylic oxidation sites excluding steroid dienone is 1. The first-order chi connectivity index (χ1) is 17.7. The van der Waals surface area contributed by atoms with Gasteiger partial charge in [0.1, 0.15) is 6.29 Å². The smallest absolute Gasteiger partial charge is 0.163 e. The van der Waals surface area contributed by atoms with Crippen LogP contribution in [-0.2, 0) is 33.2 Å². The van der Waals surface area contributed by atoms with E-state index in [1.165, 1.54) is 0 Å². The molecule has 0 aromatic carbocycles. The quantitative estimate of drug-likeness (QED) is 0.391. The Morgan fingerprint density at radius 1 is 0.658 bits per heavy atom. The average molecular weight is 668 g/mol. The Morgan fingerprint density at radius 3 is 1.26 bits per heavy atom. The molecule has 6 aliphatic rings. The fourth-order valence-electron chi connectivity index (χ4n) is 6.64. The lowest BCUT2D eigenvalue weighted by Crippen LogP contribution is -2.23. The molecule has 38 heavy (non-hydrogen) atoms. The molecule has 3 saturated heterocycles. The third kappa shape index (κ3) is 8.10. The zero-order valence-corrected chi connectivity index (χ0v) is 26.5. The SMILES string of the molecule is CC1(C)O[C@H]2CC(C=C(Br)Br)C[C@H]2O1.CC1(C)O[C@H]2CC(C=O)C[C@H]2O1.CC1(C)O[C@H]2CC(CO)C[C@H]2O1. The number of carbonyl (C=O) groups is 1. The molecule has 3 aliphatic heterocycles. The van der Waals surface area contributed by atoms with Gasteiger partial charge in [-0.1, -0.05) is 6.08 Å². The number of ether oxygens (including phenoxy) is 6. The Balaban J connectivity index is 0.000000133. The molecule has 9 atom stereocenters. The highest BCUT2D eigenvalue weighted by molar-refractivity contribution is 9.28. The molecule has 218 valence electrons. The van der Waals surface area contributed by atoms with Crippen LogP contribution in [0.25, 0.3) is 0 Å². The van der Waals surface area contributed by atoms with E-state index in [4.69, 9.17) is 33.5 Å². The maximum absolute atomic E-state index is 10.5. The molecule has 6 rings (SSSR count). The topological polar surface area (TPSA) is 92.7 Å². The van der Waals surface area contributed by atoms with Crippen LogP contribution in [0, 0.1) is 17.8 Å². The minimum atomic E-state index is -0.441. The van der Waals surface area contributed by atoms with Gasteiger partial charge < -0.3 is 38.3 Å². The van der Waals surface area contributed by atoms with E-state index in [0.29, 0.717) is 11.8 Å². The Bertz CT molecular complexity index is 810. The van der Waals surface area contributed by atoms with Crippen molar-refractivity contribution in [3.8, 4) is 0 Å². The van der Waals surface area contributed by atoms with E-state index in [1.807, 2.05) is 41.5 Å². The van der Waals surface area contributed by atoms with Gasteiger partial charge in [0.2, 0.25) is 0 Å². The highest BCUT2D eigenvalue weighted by Gasteiger charge is 2.48. The predicted octanol–water partition coefficient (Wildman–Crippen LogP) is 5.57. The number of aliphatic hydroxyl groups excluding tert-OH is 1. The minimum absolute atomic E-state index is 0.148. The molecule has 8 nitrogen and oxygen atoms in total. The summed E-state index contributed by atoms with van der Waals surface area (Å²) in [5.41, 5.74) is 0. The van der Waals surface area contributed by atoms with E-state index in [9.17, 15) is 4.79 Å². The number of halogens is 2. The number of rotatable bonds is 3. The Labute approximate surface area is 243 Å². The first-order valence-electron chi connectivity index (χ1n) is 13.8. The Morgan fingerprint density at radius 2 is 0.974 bits per heavy atom. The highest BCUT2D eigenvalue weighted by Crippen LogP contribution is 2.43. The monoisotopic (exact) mass is 666 g/mol. The molecule has 0 amide bonds. The number of fused-ring (bicyclic) bond motifs is 3. The highest BCUT2D eigenvalue weighted by atomic mass is 79.9. The number of hydrogen-bond acceptors (Lipinski definition) is 8. The van der Waals surface area contributed by atoms with Crippen LogP contribution < -0.4 is 0 Å². The lowest BCUT2D eigenvalue weighted by Gasteiger charge is -2.19. The molecule has 3 heterocycles. The van der Waals surface area contributed by atoms with Crippen LogP contribution >= 0.6 is 31.9 Å². The fraction of sp³-hybridized carbons (Fsp3) is 0.893. The van der Waals surface area contributed by atoms with E-state index in [0.717, 1.165) is 48.2 Å². The van der Waals surface area contributed by atoms with Crippen molar-refractivity contribution in [3.05, 3.63) is 9.47 Å². The average Bonchev–Trinajstić information content (AvgIpc) is 3.56. The van der Waals surface area contributed by atoms with Gasteiger partial charge in [-0.15, -0.1) is 0 Å². The van der Waals surface area contributed by atoms with Crippen LogP contribution in [0.15, 0.2) is 9.47 Å². The molecule has 0 radical (unpaired) electrons. The number of aliphatic hydroxyl groups is 1. The molecule has 3 unspecified atom stereocenters. The van der Waals surface area contributed by atoms with E-state index in [-0.39, 0.29) is 54.9 Å². The zero-order chi connectivity index (χ0) is 27.9. The van der Waals surface area contributed by atoms with Crippen molar-refractivity contribution in [3.63, 3.8) is 0 Å². The van der Waals surface area contributed by atoms with E-state index < -0.39 is 11.6 Å². The summed E-state index contributed by atoms with van der Waals surface area (Å²) in [6, 6.07) is 0. The van der Waals surface area contributed by atoms with E-state index >= 15 is 0 Å². The van der Waals surface area contributed by atoms with Crippen LogP contribution in [0.2, 0.25) is 0 Å². The van der Waals surface area contributed by atoms with Gasteiger partial charge in [0, 0.05) is 12.5 Å². The second-order valence-electron chi connectivity index (χ2n) is 12.7. The van der Waals surface area contributed by atoms with E-state index in [2.05, 4.69) is 37.9 Å². The molecule has 0 bridgehead atoms. The van der Waals surface area contributed by atoms with Crippen molar-refractivity contribution in [2.24, 2.45) is 17.8 Å². The normalized spacial score (nSPS) is 42.7. The predicted molar refractivity (Wildman–Crippen MR) is 149 cm³/mol. The summed E-state index contributed by atoms with van der Waals surface area (Å²) in [4.78, 5) is 10.5. The first kappa shape index (κ1) is 31.0. The summed E-state index contributed by atoms with van der Waals surface area (Å²) in [7, 11) is 0. The van der Waals surface area contributed by atoms with Gasteiger partial charge in [0.15, 0.2) is 17.4 Å². The van der Waals surface area contributed by atoms with Gasteiger partial charge in [0.05, 0.1) is 40.0 Å². The zero-order valence-electron chi connectivity index (χ0n) is 23.4. The molecule has 6 fully saturated rings. The van der Waals surface area contributed by atoms with Crippen LogP contribution in [0.1, 0.15) is 80.1 Å². The molecule has 3 saturated carbocycles. The van der Waals surface area contributed by atoms with Gasteiger partial charge in [-0.05, 0) is 124 Å². The van der Waals surface area contributed by atoms with Crippen LogP contribution in [0.5, 0.6) is 0 Å². The number of aldehydes is 1. The second-order valence-corrected chi connectivity index (χ2v) is 15.5. The van der Waals surface area contributed by atoms with Gasteiger partial charge in [0.25, 0.3) is 0 Å². The van der Waals surface area contributed by atoms with Crippen molar-refractivity contribution in [1.82, 2.24) is 0 Å². The van der Waals surface area contributed by atoms with Crippen molar-refractivity contribution in [1.29, 1.82) is 0 Å². The van der Waals surface area contributed by atoms with Crippen LogP contribution in [0.4, 0.5) is 0 Å². The molecule has 0 spiro atoms. The molecule has 0 aromatic rings. The fourth-order valence-corrected chi connectivity index (χ4v) is 7.39. The van der Waals surface area contributed by atoms with Gasteiger partial charge in [-0.3, -0.25) is 0 Å². The first-order valence-corrected chi connectivity index (χ1v) is 15.4. The molecule has 10 heteroatoms. The summed E-state index contributed by atoms with van der Waals surface area (Å²) in [6.45, 7) is 12.0. The second kappa shape index (κ2) is 12.1. The van der Waals surface area contributed by atoms with Gasteiger partial charge in [-0.25, -0.2) is 0 Å². The van der Waals surface area contributed by atoms with Crippen molar-refractivity contribution >= 4 is 38.1 Å². The summed E-state index contributed by atoms with van der Waals surface area (Å²) >= 11 is 6.77. The lowest BCUT2D eigenvalue weighted by atomic mass is 10.1. The molecule has 0 aromatic heterocycles. The third-order valence-corrected chi connectivity index (χ3v) is 8.47. The summed E-state index contributed by atoms with van der Waals surface area (Å²) in [6.07, 6.45) is 10.2. The minimum Gasteiger partial charge on any atom is -0.396 e. The third-order valence-electron chi connectivity index (χ3n) is 7.94. The summed E-state index contributed by atoms with van der Waals surface area (Å²) in [5.74, 6) is -0.128. The number of carbonyl (C=O) groups excluding carboxylic acids is 1. The molecule has 3 aliphatic carbocycles. The molecular weight excluding hydrogens is 624 g/mol. The van der Waals surface area contributed by atoms with Crippen LogP contribution in [0.3, 0.4) is 0 Å². The maximum atomic E-state index is 10.5. The van der Waals surface area contributed by atoms with Crippen molar-refractivity contribution in [2.45, 2.75) is 134 Å². The Hall–Kier alpha value is 0.0900. The van der Waals surface area contributed by atoms with Crippen molar-refractivity contribution in [2.75, 3.05) is 6.61 Å². The Kier molecular flexibility index (Phi) is 9.91. The number of hydrogen-bond donors (Lipinski definition) is 1. The lowest BCUT2D eigenvalue weighted by molar-refractivity contribution is -0.155. The maximum Gasteiger partial charge on any atom is 0.163 e. The molecule has 1 N–H and O–H groups in total. The largest absolute Gasteiger partial charge is 0.396 e. The van der Waals surface area contributed by atoms with Crippen LogP contribution in [-0.4, -0.2) is 72.0 Å². The summed E-state index contributed by atoms with van der Waals surface area (Å²) < 4.78 is 35.2. The van der Waals surface area contributed by atoms with Gasteiger partial charge in [-0.2, -0.15) is 0 Å². The summed E-state index contributed by atoms with van der Waals surface area (Å²) in [5, 5.41) is 8.94. The molecular formula is C28H44Br2O8.